The Balaban J connectivity index is 2.06. The van der Waals surface area contributed by atoms with Gasteiger partial charge < -0.3 is 5.11 Å². The topological polar surface area (TPSA) is 40.5 Å². The number of carboxylic acids is 1. The zero-order chi connectivity index (χ0) is 14.5. The van der Waals surface area contributed by atoms with Gasteiger partial charge in [0, 0.05) is 6.04 Å². The van der Waals surface area contributed by atoms with Gasteiger partial charge in [-0.2, -0.15) is 0 Å². The number of hydrogen-bond acceptors (Lipinski definition) is 2. The summed E-state index contributed by atoms with van der Waals surface area (Å²) in [5, 5.41) is 9.39. The number of halogens is 1. The number of hydrogen-bond donors (Lipinski definition) is 1. The maximum atomic E-state index is 12.9. The Morgan fingerprint density at radius 3 is 2.70 bits per heavy atom. The van der Waals surface area contributed by atoms with Gasteiger partial charge in [-0.05, 0) is 50.4 Å². The smallest absolute Gasteiger partial charge is 0.320 e. The fourth-order valence-electron chi connectivity index (χ4n) is 3.00. The first-order valence-electron chi connectivity index (χ1n) is 7.31. The Labute approximate surface area is 119 Å². The van der Waals surface area contributed by atoms with E-state index in [1.165, 1.54) is 12.1 Å². The summed E-state index contributed by atoms with van der Waals surface area (Å²) >= 11 is 0. The largest absolute Gasteiger partial charge is 0.480 e. The van der Waals surface area contributed by atoms with Gasteiger partial charge in [0.2, 0.25) is 0 Å². The van der Waals surface area contributed by atoms with Crippen molar-refractivity contribution >= 4 is 5.97 Å². The predicted molar refractivity (Wildman–Crippen MR) is 76.2 cm³/mol. The van der Waals surface area contributed by atoms with E-state index < -0.39 is 5.97 Å². The number of aliphatic carboxylic acids is 1. The summed E-state index contributed by atoms with van der Waals surface area (Å²) in [6.45, 7) is 2.89. The molecule has 3 nitrogen and oxygen atoms in total. The first kappa shape index (κ1) is 15.0. The zero-order valence-corrected chi connectivity index (χ0v) is 11.9. The van der Waals surface area contributed by atoms with E-state index >= 15 is 0 Å². The molecule has 0 aliphatic carbocycles. The van der Waals surface area contributed by atoms with Crippen LogP contribution >= 0.6 is 0 Å². The van der Waals surface area contributed by atoms with Crippen molar-refractivity contribution < 1.29 is 14.3 Å². The molecule has 20 heavy (non-hydrogen) atoms. The van der Waals surface area contributed by atoms with Crippen molar-refractivity contribution in [3.05, 3.63) is 35.6 Å². The van der Waals surface area contributed by atoms with Gasteiger partial charge in [0.1, 0.15) is 11.9 Å². The molecular formula is C16H22FNO2. The molecule has 1 fully saturated rings. The molecule has 1 aliphatic rings. The van der Waals surface area contributed by atoms with Crippen LogP contribution in [0.25, 0.3) is 0 Å². The number of carboxylic acid groups (broad SMARTS) is 1. The van der Waals surface area contributed by atoms with Crippen LogP contribution in [0.1, 0.15) is 38.2 Å². The van der Waals surface area contributed by atoms with Crippen LogP contribution in [0.3, 0.4) is 0 Å². The summed E-state index contributed by atoms with van der Waals surface area (Å²) in [7, 11) is 0. The van der Waals surface area contributed by atoms with Crippen LogP contribution in [0.2, 0.25) is 0 Å². The molecule has 0 amide bonds. The highest BCUT2D eigenvalue weighted by Gasteiger charge is 2.30. The summed E-state index contributed by atoms with van der Waals surface area (Å²) in [4.78, 5) is 13.5. The molecule has 4 heteroatoms. The Morgan fingerprint density at radius 2 is 2.05 bits per heavy atom. The molecule has 0 aromatic heterocycles. The van der Waals surface area contributed by atoms with Gasteiger partial charge in [-0.3, -0.25) is 9.69 Å². The first-order chi connectivity index (χ1) is 9.58. The molecule has 1 N–H and O–H groups in total. The van der Waals surface area contributed by atoms with Crippen LogP contribution in [-0.2, 0) is 11.2 Å². The highest BCUT2D eigenvalue weighted by molar-refractivity contribution is 5.73. The van der Waals surface area contributed by atoms with E-state index in [1.54, 1.807) is 12.1 Å². The molecular weight excluding hydrogens is 257 g/mol. The van der Waals surface area contributed by atoms with Crippen molar-refractivity contribution in [2.45, 2.75) is 51.1 Å². The third-order valence-electron chi connectivity index (χ3n) is 4.09. The molecule has 1 aromatic rings. The van der Waals surface area contributed by atoms with E-state index in [1.807, 2.05) is 0 Å². The van der Waals surface area contributed by atoms with Crippen molar-refractivity contribution in [1.29, 1.82) is 0 Å². The standard InChI is InChI=1S/C16H22FNO2/c1-12(11-13-6-8-14(17)9-7-13)18-10-4-2-3-5-15(18)16(19)20/h6-9,12,15H,2-5,10-11H2,1H3,(H,19,20). The number of nitrogens with zero attached hydrogens (tertiary/aromatic N) is 1. The number of carbonyl (C=O) groups is 1. The molecule has 110 valence electrons. The van der Waals surface area contributed by atoms with Crippen molar-refractivity contribution in [3.63, 3.8) is 0 Å². The van der Waals surface area contributed by atoms with E-state index in [2.05, 4.69) is 11.8 Å². The van der Waals surface area contributed by atoms with Gasteiger partial charge >= 0.3 is 5.97 Å². The van der Waals surface area contributed by atoms with Crippen LogP contribution in [0.15, 0.2) is 24.3 Å². The molecule has 1 aromatic carbocycles. The maximum Gasteiger partial charge on any atom is 0.320 e. The third-order valence-corrected chi connectivity index (χ3v) is 4.09. The minimum Gasteiger partial charge on any atom is -0.480 e. The number of rotatable bonds is 4. The molecule has 0 bridgehead atoms. The molecule has 2 rings (SSSR count). The second-order valence-electron chi connectivity index (χ2n) is 5.62. The van der Waals surface area contributed by atoms with Crippen LogP contribution < -0.4 is 0 Å². The van der Waals surface area contributed by atoms with Gasteiger partial charge in [-0.15, -0.1) is 0 Å². The van der Waals surface area contributed by atoms with Gasteiger partial charge in [0.15, 0.2) is 0 Å². The Bertz CT molecular complexity index is 446. The van der Waals surface area contributed by atoms with Crippen molar-refractivity contribution in [1.82, 2.24) is 4.90 Å². The van der Waals surface area contributed by atoms with Crippen LogP contribution in [0, 0.1) is 5.82 Å². The lowest BCUT2D eigenvalue weighted by atomic mass is 10.0. The second-order valence-corrected chi connectivity index (χ2v) is 5.62. The van der Waals surface area contributed by atoms with Crippen LogP contribution in [-0.4, -0.2) is 34.6 Å². The normalized spacial score (nSPS) is 22.2. The summed E-state index contributed by atoms with van der Waals surface area (Å²) in [6.07, 6.45) is 4.62. The maximum absolute atomic E-state index is 12.9. The Kier molecular flexibility index (Phi) is 5.12. The van der Waals surface area contributed by atoms with E-state index in [9.17, 15) is 14.3 Å². The molecule has 0 radical (unpaired) electrons. The lowest BCUT2D eigenvalue weighted by molar-refractivity contribution is -0.144. The van der Waals surface area contributed by atoms with Crippen LogP contribution in [0.4, 0.5) is 4.39 Å². The molecule has 0 spiro atoms. The van der Waals surface area contributed by atoms with Crippen molar-refractivity contribution in [2.24, 2.45) is 0 Å². The molecule has 1 heterocycles. The predicted octanol–water partition coefficient (Wildman–Crippen LogP) is 3.09. The molecule has 2 unspecified atom stereocenters. The highest BCUT2D eigenvalue weighted by Crippen LogP contribution is 2.21. The SMILES string of the molecule is CC(Cc1ccc(F)cc1)N1CCCCCC1C(=O)O. The summed E-state index contributed by atoms with van der Waals surface area (Å²) in [5.74, 6) is -0.961. The lowest BCUT2D eigenvalue weighted by Gasteiger charge is -2.32. The highest BCUT2D eigenvalue weighted by atomic mass is 19.1. The van der Waals surface area contributed by atoms with Crippen molar-refractivity contribution in [3.8, 4) is 0 Å². The van der Waals surface area contributed by atoms with Crippen LogP contribution in [0.5, 0.6) is 0 Å². The zero-order valence-electron chi connectivity index (χ0n) is 11.9. The summed E-state index contributed by atoms with van der Waals surface area (Å²) in [6, 6.07) is 6.24. The first-order valence-corrected chi connectivity index (χ1v) is 7.31. The summed E-state index contributed by atoms with van der Waals surface area (Å²) < 4.78 is 12.9. The fraction of sp³-hybridized carbons (Fsp3) is 0.562. The molecule has 2 atom stereocenters. The minimum atomic E-state index is -0.724. The van der Waals surface area contributed by atoms with Gasteiger partial charge in [0.05, 0.1) is 0 Å². The average molecular weight is 279 g/mol. The third kappa shape index (κ3) is 3.79. The van der Waals surface area contributed by atoms with E-state index in [-0.39, 0.29) is 17.9 Å². The fourth-order valence-corrected chi connectivity index (χ4v) is 3.00. The van der Waals surface area contributed by atoms with Gasteiger partial charge in [0.25, 0.3) is 0 Å². The molecule has 0 saturated carbocycles. The minimum absolute atomic E-state index is 0.152. The van der Waals surface area contributed by atoms with E-state index in [0.717, 1.165) is 44.2 Å². The quantitative estimate of drug-likeness (QED) is 0.920. The molecule has 1 aliphatic heterocycles. The second kappa shape index (κ2) is 6.84. The van der Waals surface area contributed by atoms with Crippen molar-refractivity contribution in [2.75, 3.05) is 6.54 Å². The monoisotopic (exact) mass is 279 g/mol. The summed E-state index contributed by atoms with van der Waals surface area (Å²) in [5.41, 5.74) is 1.05. The average Bonchev–Trinajstić information content (AvgIpc) is 2.67. The number of benzene rings is 1. The molecule has 1 saturated heterocycles. The lowest BCUT2D eigenvalue weighted by Crippen LogP contribution is -2.46. The van der Waals surface area contributed by atoms with E-state index in [4.69, 9.17) is 0 Å². The Morgan fingerprint density at radius 1 is 1.35 bits per heavy atom. The Hall–Kier alpha value is -1.42. The van der Waals surface area contributed by atoms with E-state index in [0.29, 0.717) is 0 Å². The number of likely N-dealkylation sites (tertiary alicyclic amines) is 1. The van der Waals surface area contributed by atoms with Gasteiger partial charge in [-0.1, -0.05) is 25.0 Å². The van der Waals surface area contributed by atoms with Gasteiger partial charge in [-0.25, -0.2) is 4.39 Å².